The van der Waals surface area contributed by atoms with Crippen LogP contribution in [0.4, 0.5) is 4.39 Å². The zero-order valence-electron chi connectivity index (χ0n) is 7.23. The van der Waals surface area contributed by atoms with Gasteiger partial charge in [-0.15, -0.1) is 0 Å². The van der Waals surface area contributed by atoms with Gasteiger partial charge in [0, 0.05) is 5.41 Å². The van der Waals surface area contributed by atoms with Gasteiger partial charge in [0.25, 0.3) is 0 Å². The van der Waals surface area contributed by atoms with Crippen molar-refractivity contribution in [2.75, 3.05) is 0 Å². The number of aryl methyl sites for hydroxylation is 1. The number of hydrogen-bond acceptors (Lipinski definition) is 2. The second kappa shape index (κ2) is 2.55. The smallest absolute Gasteiger partial charge is 0.199 e. The van der Waals surface area contributed by atoms with Crippen LogP contribution in [0, 0.1) is 12.1 Å². The van der Waals surface area contributed by atoms with Gasteiger partial charge in [-0.3, -0.25) is 0 Å². The molecule has 0 saturated carbocycles. The Bertz CT molecular complexity index is 240. The molecule has 1 rings (SSSR count). The third-order valence-corrected chi connectivity index (χ3v) is 2.75. The van der Waals surface area contributed by atoms with Crippen molar-refractivity contribution in [3.8, 4) is 0 Å². The van der Waals surface area contributed by atoms with Crippen LogP contribution in [0.2, 0.25) is 0 Å². The lowest BCUT2D eigenvalue weighted by Crippen LogP contribution is -2.10. The van der Waals surface area contributed by atoms with Crippen LogP contribution in [0.3, 0.4) is 0 Å². The third-order valence-electron chi connectivity index (χ3n) is 1.38. The number of thiazole rings is 1. The van der Waals surface area contributed by atoms with Gasteiger partial charge in [-0.1, -0.05) is 32.1 Å². The highest BCUT2D eigenvalue weighted by molar-refractivity contribution is 7.10. The van der Waals surface area contributed by atoms with E-state index in [2.05, 4.69) is 4.98 Å². The van der Waals surface area contributed by atoms with Crippen molar-refractivity contribution >= 4 is 11.3 Å². The van der Waals surface area contributed by atoms with Gasteiger partial charge >= 0.3 is 0 Å². The molecule has 0 aliphatic carbocycles. The number of aromatic nitrogens is 1. The van der Waals surface area contributed by atoms with Crippen molar-refractivity contribution in [2.45, 2.75) is 33.1 Å². The molecular formula is C8H12FNS. The third kappa shape index (κ3) is 1.77. The standard InChI is InChI=1S/C8H12FNS/c1-5-6(9)11-7(10-5)8(2,3)4/h1-4H3. The minimum absolute atomic E-state index is 0.0280. The Morgan fingerprint density at radius 1 is 1.36 bits per heavy atom. The van der Waals surface area contributed by atoms with E-state index in [0.29, 0.717) is 5.69 Å². The summed E-state index contributed by atoms with van der Waals surface area (Å²) in [5.74, 6) is 0. The summed E-state index contributed by atoms with van der Waals surface area (Å²) < 4.78 is 12.8. The molecule has 0 aliphatic rings. The first-order valence-electron chi connectivity index (χ1n) is 3.54. The summed E-state index contributed by atoms with van der Waals surface area (Å²) in [6.45, 7) is 7.79. The molecule has 0 spiro atoms. The molecule has 0 bridgehead atoms. The fourth-order valence-electron chi connectivity index (χ4n) is 0.699. The summed E-state index contributed by atoms with van der Waals surface area (Å²) in [4.78, 5) is 4.12. The second-order valence-electron chi connectivity index (χ2n) is 3.63. The first-order valence-corrected chi connectivity index (χ1v) is 4.36. The molecule has 1 aromatic heterocycles. The van der Waals surface area contributed by atoms with Crippen molar-refractivity contribution in [1.82, 2.24) is 4.98 Å². The molecule has 3 heteroatoms. The van der Waals surface area contributed by atoms with Crippen LogP contribution in [-0.2, 0) is 5.41 Å². The maximum absolute atomic E-state index is 12.8. The minimum atomic E-state index is -0.157. The predicted octanol–water partition coefficient (Wildman–Crippen LogP) is 2.89. The highest BCUT2D eigenvalue weighted by Gasteiger charge is 2.19. The van der Waals surface area contributed by atoms with E-state index >= 15 is 0 Å². The zero-order chi connectivity index (χ0) is 8.65. The first kappa shape index (κ1) is 8.65. The fraction of sp³-hybridized carbons (Fsp3) is 0.625. The van der Waals surface area contributed by atoms with E-state index in [4.69, 9.17) is 0 Å². The number of halogens is 1. The number of hydrogen-bond donors (Lipinski definition) is 0. The first-order chi connectivity index (χ1) is 4.91. The lowest BCUT2D eigenvalue weighted by Gasteiger charge is -2.13. The average molecular weight is 173 g/mol. The molecular weight excluding hydrogens is 161 g/mol. The highest BCUT2D eigenvalue weighted by Crippen LogP contribution is 2.27. The molecule has 0 fully saturated rings. The largest absolute Gasteiger partial charge is 0.243 e. The van der Waals surface area contributed by atoms with Gasteiger partial charge in [0.2, 0.25) is 0 Å². The minimum Gasteiger partial charge on any atom is -0.243 e. The van der Waals surface area contributed by atoms with Gasteiger partial charge in [0.1, 0.15) is 5.01 Å². The summed E-state index contributed by atoms with van der Waals surface area (Å²) in [5.41, 5.74) is 0.486. The number of rotatable bonds is 0. The fourth-order valence-corrected chi connectivity index (χ4v) is 1.55. The normalized spacial score (nSPS) is 12.1. The van der Waals surface area contributed by atoms with E-state index in [1.54, 1.807) is 6.92 Å². The molecule has 1 nitrogen and oxygen atoms in total. The van der Waals surface area contributed by atoms with Crippen molar-refractivity contribution in [3.63, 3.8) is 0 Å². The SMILES string of the molecule is Cc1nc(C(C)(C)C)sc1F. The van der Waals surface area contributed by atoms with E-state index in [9.17, 15) is 4.39 Å². The monoisotopic (exact) mass is 173 g/mol. The van der Waals surface area contributed by atoms with Crippen molar-refractivity contribution < 1.29 is 4.39 Å². The van der Waals surface area contributed by atoms with Gasteiger partial charge in [0.05, 0.1) is 5.69 Å². The van der Waals surface area contributed by atoms with Crippen LogP contribution in [0.5, 0.6) is 0 Å². The summed E-state index contributed by atoms with van der Waals surface area (Å²) in [5, 5.41) is 0.711. The number of nitrogens with zero attached hydrogens (tertiary/aromatic N) is 1. The molecule has 1 aromatic rings. The topological polar surface area (TPSA) is 12.9 Å². The Kier molecular flexibility index (Phi) is 2.01. The molecule has 1 heterocycles. The van der Waals surface area contributed by atoms with Gasteiger partial charge in [-0.05, 0) is 6.92 Å². The summed E-state index contributed by atoms with van der Waals surface area (Å²) in [6, 6.07) is 0. The molecule has 62 valence electrons. The van der Waals surface area contributed by atoms with Crippen LogP contribution in [0.25, 0.3) is 0 Å². The van der Waals surface area contributed by atoms with Gasteiger partial charge in [0.15, 0.2) is 5.13 Å². The lowest BCUT2D eigenvalue weighted by atomic mass is 9.98. The summed E-state index contributed by atoms with van der Waals surface area (Å²) in [6.07, 6.45) is 0. The predicted molar refractivity (Wildman–Crippen MR) is 45.5 cm³/mol. The molecule has 0 radical (unpaired) electrons. The van der Waals surface area contributed by atoms with Crippen LogP contribution in [0.1, 0.15) is 31.5 Å². The molecule has 0 amide bonds. The van der Waals surface area contributed by atoms with Crippen molar-refractivity contribution in [1.29, 1.82) is 0 Å². The molecule has 0 unspecified atom stereocenters. The summed E-state index contributed by atoms with van der Waals surface area (Å²) in [7, 11) is 0. The maximum atomic E-state index is 12.8. The van der Waals surface area contributed by atoms with Gasteiger partial charge in [-0.25, -0.2) is 4.98 Å². The molecule has 0 atom stereocenters. The van der Waals surface area contributed by atoms with E-state index < -0.39 is 0 Å². The Morgan fingerprint density at radius 3 is 2.09 bits per heavy atom. The van der Waals surface area contributed by atoms with Crippen LogP contribution >= 0.6 is 11.3 Å². The molecule has 11 heavy (non-hydrogen) atoms. The zero-order valence-corrected chi connectivity index (χ0v) is 8.05. The lowest BCUT2D eigenvalue weighted by molar-refractivity contribution is 0.583. The Labute approximate surface area is 70.3 Å². The maximum Gasteiger partial charge on any atom is 0.199 e. The average Bonchev–Trinajstić information content (AvgIpc) is 2.11. The molecule has 0 N–H and O–H groups in total. The Morgan fingerprint density at radius 2 is 1.91 bits per heavy atom. The van der Waals surface area contributed by atoms with Crippen LogP contribution in [0.15, 0.2) is 0 Å². The van der Waals surface area contributed by atoms with E-state index in [0.717, 1.165) is 16.3 Å². The highest BCUT2D eigenvalue weighted by atomic mass is 32.1. The molecule has 0 saturated heterocycles. The van der Waals surface area contributed by atoms with E-state index in [-0.39, 0.29) is 10.5 Å². The van der Waals surface area contributed by atoms with Crippen LogP contribution in [-0.4, -0.2) is 4.98 Å². The molecule has 0 aliphatic heterocycles. The van der Waals surface area contributed by atoms with E-state index in [1.807, 2.05) is 20.8 Å². The van der Waals surface area contributed by atoms with Gasteiger partial charge < -0.3 is 0 Å². The van der Waals surface area contributed by atoms with Crippen molar-refractivity contribution in [3.05, 3.63) is 15.8 Å². The van der Waals surface area contributed by atoms with Crippen molar-refractivity contribution in [2.24, 2.45) is 0 Å². The van der Waals surface area contributed by atoms with Crippen LogP contribution < -0.4 is 0 Å². The second-order valence-corrected chi connectivity index (χ2v) is 4.58. The summed E-state index contributed by atoms with van der Waals surface area (Å²) >= 11 is 1.14. The molecule has 0 aromatic carbocycles. The van der Waals surface area contributed by atoms with Gasteiger partial charge in [-0.2, -0.15) is 4.39 Å². The Hall–Kier alpha value is -0.440. The quantitative estimate of drug-likeness (QED) is 0.588. The Balaban J connectivity index is 3.08. The van der Waals surface area contributed by atoms with E-state index in [1.165, 1.54) is 0 Å².